The third-order valence-corrected chi connectivity index (χ3v) is 4.84. The second-order valence-electron chi connectivity index (χ2n) is 6.52. The Labute approximate surface area is 101 Å². The molecule has 94 valence electrons. The fraction of sp³-hybridized carbons (Fsp3) is 1.00. The van der Waals surface area contributed by atoms with Crippen LogP contribution in [-0.2, 0) is 0 Å². The molecule has 0 aromatic heterocycles. The highest BCUT2D eigenvalue weighted by molar-refractivity contribution is 4.89. The molecule has 2 aliphatic rings. The van der Waals surface area contributed by atoms with Gasteiger partial charge in [0, 0.05) is 32.7 Å². The third-order valence-electron chi connectivity index (χ3n) is 4.84. The standard InChI is InChI=1S/C14H28N2/c1-12-5-4-6-14(2,3)13(12)11-16-9-7-15-8-10-16/h12-13,15H,4-11H2,1-3H3/t12-,13+/m0/s1. The quantitative estimate of drug-likeness (QED) is 0.774. The minimum Gasteiger partial charge on any atom is -0.314 e. The van der Waals surface area contributed by atoms with Crippen molar-refractivity contribution in [1.29, 1.82) is 0 Å². The fourth-order valence-corrected chi connectivity index (χ4v) is 3.64. The van der Waals surface area contributed by atoms with Gasteiger partial charge in [0.1, 0.15) is 0 Å². The molecule has 0 radical (unpaired) electrons. The van der Waals surface area contributed by atoms with Crippen LogP contribution in [0.3, 0.4) is 0 Å². The maximum Gasteiger partial charge on any atom is 0.0107 e. The predicted octanol–water partition coefficient (Wildman–Crippen LogP) is 2.35. The molecule has 2 fully saturated rings. The smallest absolute Gasteiger partial charge is 0.0107 e. The van der Waals surface area contributed by atoms with E-state index in [2.05, 4.69) is 31.0 Å². The Morgan fingerprint density at radius 3 is 2.56 bits per heavy atom. The van der Waals surface area contributed by atoms with Crippen molar-refractivity contribution in [2.75, 3.05) is 32.7 Å². The molecule has 1 aliphatic heterocycles. The average molecular weight is 224 g/mol. The molecule has 1 heterocycles. The van der Waals surface area contributed by atoms with Gasteiger partial charge in [-0.1, -0.05) is 33.6 Å². The summed E-state index contributed by atoms with van der Waals surface area (Å²) in [6.07, 6.45) is 4.31. The van der Waals surface area contributed by atoms with Crippen LogP contribution in [0.25, 0.3) is 0 Å². The summed E-state index contributed by atoms with van der Waals surface area (Å²) in [5, 5.41) is 3.44. The summed E-state index contributed by atoms with van der Waals surface area (Å²) in [5.74, 6) is 1.82. The highest BCUT2D eigenvalue weighted by atomic mass is 15.2. The van der Waals surface area contributed by atoms with Crippen LogP contribution in [0.15, 0.2) is 0 Å². The zero-order valence-corrected chi connectivity index (χ0v) is 11.3. The highest BCUT2D eigenvalue weighted by Gasteiger charge is 2.37. The topological polar surface area (TPSA) is 15.3 Å². The summed E-state index contributed by atoms with van der Waals surface area (Å²) in [4.78, 5) is 2.67. The first kappa shape index (κ1) is 12.4. The molecule has 0 unspecified atom stereocenters. The molecule has 0 bridgehead atoms. The average Bonchev–Trinajstić information content (AvgIpc) is 2.25. The molecular weight excluding hydrogens is 196 g/mol. The number of hydrogen-bond donors (Lipinski definition) is 1. The summed E-state index contributed by atoms with van der Waals surface area (Å²) < 4.78 is 0. The Balaban J connectivity index is 1.94. The van der Waals surface area contributed by atoms with Crippen molar-refractivity contribution in [3.63, 3.8) is 0 Å². The minimum atomic E-state index is 0.558. The van der Waals surface area contributed by atoms with Gasteiger partial charge in [-0.3, -0.25) is 0 Å². The third kappa shape index (κ3) is 2.78. The molecule has 0 aromatic rings. The van der Waals surface area contributed by atoms with Crippen molar-refractivity contribution in [2.45, 2.75) is 40.0 Å². The van der Waals surface area contributed by atoms with Crippen molar-refractivity contribution in [2.24, 2.45) is 17.3 Å². The van der Waals surface area contributed by atoms with Crippen LogP contribution in [0.4, 0.5) is 0 Å². The summed E-state index contributed by atoms with van der Waals surface area (Å²) in [6.45, 7) is 13.6. The Kier molecular flexibility index (Phi) is 3.91. The second kappa shape index (κ2) is 5.05. The van der Waals surface area contributed by atoms with Gasteiger partial charge in [0.15, 0.2) is 0 Å². The van der Waals surface area contributed by atoms with E-state index in [-0.39, 0.29) is 0 Å². The zero-order valence-electron chi connectivity index (χ0n) is 11.3. The van der Waals surface area contributed by atoms with E-state index in [1.165, 1.54) is 52.0 Å². The molecule has 1 saturated carbocycles. The largest absolute Gasteiger partial charge is 0.314 e. The van der Waals surface area contributed by atoms with Crippen molar-refractivity contribution in [3.8, 4) is 0 Å². The van der Waals surface area contributed by atoms with E-state index in [0.29, 0.717) is 5.41 Å². The lowest BCUT2D eigenvalue weighted by molar-refractivity contribution is 0.0437. The molecule has 2 rings (SSSR count). The Hall–Kier alpha value is -0.0800. The van der Waals surface area contributed by atoms with Gasteiger partial charge < -0.3 is 10.2 Å². The van der Waals surface area contributed by atoms with Crippen LogP contribution in [0.1, 0.15) is 40.0 Å². The summed E-state index contributed by atoms with van der Waals surface area (Å²) in [5.41, 5.74) is 0.558. The van der Waals surface area contributed by atoms with E-state index in [1.54, 1.807) is 0 Å². The van der Waals surface area contributed by atoms with Crippen molar-refractivity contribution >= 4 is 0 Å². The normalized spacial score (nSPS) is 36.2. The first-order valence-corrected chi connectivity index (χ1v) is 7.03. The lowest BCUT2D eigenvalue weighted by atomic mass is 9.64. The van der Waals surface area contributed by atoms with E-state index < -0.39 is 0 Å². The van der Waals surface area contributed by atoms with Gasteiger partial charge in [0.2, 0.25) is 0 Å². The van der Waals surface area contributed by atoms with Crippen molar-refractivity contribution < 1.29 is 0 Å². The number of piperazine rings is 1. The monoisotopic (exact) mass is 224 g/mol. The molecule has 0 spiro atoms. The van der Waals surface area contributed by atoms with E-state index in [1.807, 2.05) is 0 Å². The van der Waals surface area contributed by atoms with Crippen LogP contribution in [0.2, 0.25) is 0 Å². The number of nitrogens with zero attached hydrogens (tertiary/aromatic N) is 1. The maximum absolute atomic E-state index is 3.44. The van der Waals surface area contributed by atoms with E-state index in [9.17, 15) is 0 Å². The molecule has 1 saturated heterocycles. The SMILES string of the molecule is C[C@H]1CCCC(C)(C)[C@@H]1CN1CCNCC1. The number of rotatable bonds is 2. The lowest BCUT2D eigenvalue weighted by Gasteiger charge is -2.45. The van der Waals surface area contributed by atoms with Gasteiger partial charge in [-0.25, -0.2) is 0 Å². The summed E-state index contributed by atoms with van der Waals surface area (Å²) in [7, 11) is 0. The first-order chi connectivity index (χ1) is 7.59. The zero-order chi connectivity index (χ0) is 11.6. The van der Waals surface area contributed by atoms with Crippen LogP contribution >= 0.6 is 0 Å². The summed E-state index contributed by atoms with van der Waals surface area (Å²) >= 11 is 0. The molecule has 16 heavy (non-hydrogen) atoms. The second-order valence-corrected chi connectivity index (χ2v) is 6.52. The van der Waals surface area contributed by atoms with Crippen molar-refractivity contribution in [1.82, 2.24) is 10.2 Å². The molecule has 2 atom stereocenters. The van der Waals surface area contributed by atoms with Crippen molar-refractivity contribution in [3.05, 3.63) is 0 Å². The van der Waals surface area contributed by atoms with Gasteiger partial charge in [-0.15, -0.1) is 0 Å². The van der Waals surface area contributed by atoms with Crippen LogP contribution < -0.4 is 5.32 Å². The van der Waals surface area contributed by atoms with E-state index >= 15 is 0 Å². The number of nitrogens with one attached hydrogen (secondary N) is 1. The highest BCUT2D eigenvalue weighted by Crippen LogP contribution is 2.44. The fourth-order valence-electron chi connectivity index (χ4n) is 3.64. The Bertz CT molecular complexity index is 219. The van der Waals surface area contributed by atoms with Crippen LogP contribution in [-0.4, -0.2) is 37.6 Å². The van der Waals surface area contributed by atoms with Crippen LogP contribution in [0, 0.1) is 17.3 Å². The summed E-state index contributed by atoms with van der Waals surface area (Å²) in [6, 6.07) is 0. The van der Waals surface area contributed by atoms with Crippen LogP contribution in [0.5, 0.6) is 0 Å². The van der Waals surface area contributed by atoms with Gasteiger partial charge in [0.05, 0.1) is 0 Å². The van der Waals surface area contributed by atoms with Gasteiger partial charge in [0.25, 0.3) is 0 Å². The van der Waals surface area contributed by atoms with E-state index in [0.717, 1.165) is 11.8 Å². The molecule has 1 N–H and O–H groups in total. The molecule has 0 amide bonds. The predicted molar refractivity (Wildman–Crippen MR) is 69.6 cm³/mol. The molecule has 2 nitrogen and oxygen atoms in total. The van der Waals surface area contributed by atoms with Gasteiger partial charge >= 0.3 is 0 Å². The Morgan fingerprint density at radius 2 is 1.94 bits per heavy atom. The van der Waals surface area contributed by atoms with Gasteiger partial charge in [-0.05, 0) is 23.7 Å². The number of hydrogen-bond acceptors (Lipinski definition) is 2. The Morgan fingerprint density at radius 1 is 1.25 bits per heavy atom. The van der Waals surface area contributed by atoms with Gasteiger partial charge in [-0.2, -0.15) is 0 Å². The molecule has 0 aromatic carbocycles. The molecule has 1 aliphatic carbocycles. The molecule has 2 heteroatoms. The molecular formula is C14H28N2. The first-order valence-electron chi connectivity index (χ1n) is 7.03. The lowest BCUT2D eigenvalue weighted by Crippen LogP contribution is -2.49. The minimum absolute atomic E-state index is 0.558. The van der Waals surface area contributed by atoms with E-state index in [4.69, 9.17) is 0 Å². The maximum atomic E-state index is 3.44.